The molecule has 0 fully saturated rings. The number of pyridine rings is 1. The molecule has 102 valence electrons. The van der Waals surface area contributed by atoms with Gasteiger partial charge in [0.1, 0.15) is 0 Å². The van der Waals surface area contributed by atoms with E-state index in [1.807, 2.05) is 26.0 Å². The highest BCUT2D eigenvalue weighted by molar-refractivity contribution is 7.73. The Morgan fingerprint density at radius 2 is 2.25 bits per heavy atom. The maximum Gasteiger partial charge on any atom is 0.210 e. The van der Waals surface area contributed by atoms with Crippen LogP contribution < -0.4 is 0 Å². The first-order valence-electron chi connectivity index (χ1n) is 6.22. The normalized spacial score (nSPS) is 15.2. The molecule has 0 atom stereocenters. The number of aliphatic imine (C=N–C) groups is 1. The lowest BCUT2D eigenvalue weighted by atomic mass is 10.1. The van der Waals surface area contributed by atoms with Gasteiger partial charge in [-0.1, -0.05) is 0 Å². The fourth-order valence-electron chi connectivity index (χ4n) is 2.13. The zero-order valence-corrected chi connectivity index (χ0v) is 12.7. The molecule has 1 aliphatic heterocycles. The number of rotatable bonds is 2. The van der Waals surface area contributed by atoms with Gasteiger partial charge in [0.25, 0.3) is 0 Å². The molecule has 3 heterocycles. The molecule has 0 saturated carbocycles. The molecule has 0 unspecified atom stereocenters. The van der Waals surface area contributed by atoms with Gasteiger partial charge in [-0.05, 0) is 38.2 Å². The molecule has 6 heteroatoms. The van der Waals surface area contributed by atoms with Crippen LogP contribution in [0.2, 0.25) is 0 Å². The highest BCUT2D eigenvalue weighted by Gasteiger charge is 2.16. The molecule has 0 saturated heterocycles. The summed E-state index contributed by atoms with van der Waals surface area (Å²) in [6.07, 6.45) is 7.19. The lowest BCUT2D eigenvalue weighted by Gasteiger charge is -2.07. The number of nitrogens with zero attached hydrogens (tertiary/aromatic N) is 3. The Balaban J connectivity index is 2.10. The highest BCUT2D eigenvalue weighted by Crippen LogP contribution is 2.36. The Morgan fingerprint density at radius 1 is 1.45 bits per heavy atom. The topological polar surface area (TPSA) is 50.4 Å². The van der Waals surface area contributed by atoms with E-state index in [1.165, 1.54) is 11.3 Å². The zero-order valence-electron chi connectivity index (χ0n) is 11.1. The van der Waals surface area contributed by atoms with E-state index in [0.29, 0.717) is 3.95 Å². The lowest BCUT2D eigenvalue weighted by molar-refractivity contribution is 0.397. The van der Waals surface area contributed by atoms with Crippen molar-refractivity contribution in [1.82, 2.24) is 9.55 Å². The van der Waals surface area contributed by atoms with Crippen LogP contribution in [0.4, 0.5) is 5.69 Å². The average molecular weight is 303 g/mol. The summed E-state index contributed by atoms with van der Waals surface area (Å²) in [5.41, 5.74) is 2.82. The number of hydrogen-bond acceptors (Lipinski definition) is 5. The zero-order chi connectivity index (χ0) is 14.3. The summed E-state index contributed by atoms with van der Waals surface area (Å²) < 4.78 is 2.42. The molecule has 0 bridgehead atoms. The van der Waals surface area contributed by atoms with Crippen molar-refractivity contribution >= 4 is 47.1 Å². The predicted molar refractivity (Wildman–Crippen MR) is 85.5 cm³/mol. The Labute approximate surface area is 125 Å². The summed E-state index contributed by atoms with van der Waals surface area (Å²) in [5.74, 6) is 0.216. The van der Waals surface area contributed by atoms with Crippen LogP contribution in [0.1, 0.15) is 30.3 Å². The van der Waals surface area contributed by atoms with Gasteiger partial charge in [0.15, 0.2) is 3.95 Å². The maximum absolute atomic E-state index is 10.3. The van der Waals surface area contributed by atoms with Crippen LogP contribution >= 0.6 is 23.6 Å². The molecule has 1 aliphatic rings. The minimum atomic E-state index is 0.136. The lowest BCUT2D eigenvalue weighted by Crippen LogP contribution is -1.99. The predicted octanol–water partition coefficient (Wildman–Crippen LogP) is 4.22. The van der Waals surface area contributed by atoms with Gasteiger partial charge in [0.05, 0.1) is 10.6 Å². The number of thiazole rings is 1. The molecule has 2 aromatic heterocycles. The summed E-state index contributed by atoms with van der Waals surface area (Å²) in [6, 6.07) is 2.01. The van der Waals surface area contributed by atoms with Crippen LogP contribution in [0.5, 0.6) is 5.88 Å². The Hall–Kier alpha value is -1.79. The molecule has 3 rings (SSSR count). The van der Waals surface area contributed by atoms with Crippen LogP contribution in [0.3, 0.4) is 0 Å². The molecule has 0 aliphatic carbocycles. The van der Waals surface area contributed by atoms with Gasteiger partial charge < -0.3 is 5.11 Å². The second-order valence-electron chi connectivity index (χ2n) is 4.77. The van der Waals surface area contributed by atoms with Crippen molar-refractivity contribution in [3.63, 3.8) is 0 Å². The minimum Gasteiger partial charge on any atom is -0.493 e. The van der Waals surface area contributed by atoms with E-state index in [1.54, 1.807) is 23.2 Å². The van der Waals surface area contributed by atoms with Crippen LogP contribution in [-0.4, -0.2) is 20.9 Å². The van der Waals surface area contributed by atoms with Crippen molar-refractivity contribution in [2.45, 2.75) is 19.9 Å². The van der Waals surface area contributed by atoms with Crippen molar-refractivity contribution in [3.8, 4) is 5.88 Å². The van der Waals surface area contributed by atoms with E-state index in [9.17, 15) is 5.11 Å². The molecule has 0 spiro atoms. The molecule has 2 aromatic rings. The van der Waals surface area contributed by atoms with Gasteiger partial charge >= 0.3 is 0 Å². The molecule has 4 nitrogen and oxygen atoms in total. The quantitative estimate of drug-likeness (QED) is 0.845. The molecular formula is C14H13N3OS2. The second-order valence-corrected chi connectivity index (χ2v) is 6.45. The number of aromatic nitrogens is 2. The van der Waals surface area contributed by atoms with Crippen molar-refractivity contribution in [2.75, 3.05) is 0 Å². The van der Waals surface area contributed by atoms with E-state index >= 15 is 0 Å². The molecule has 20 heavy (non-hydrogen) atoms. The summed E-state index contributed by atoms with van der Waals surface area (Å²) in [7, 11) is 0. The molecule has 0 aromatic carbocycles. The summed E-state index contributed by atoms with van der Waals surface area (Å²) in [6.45, 7) is 3.99. The van der Waals surface area contributed by atoms with Crippen LogP contribution in [0.25, 0.3) is 11.6 Å². The smallest absolute Gasteiger partial charge is 0.210 e. The van der Waals surface area contributed by atoms with E-state index in [2.05, 4.69) is 9.98 Å². The van der Waals surface area contributed by atoms with E-state index in [4.69, 9.17) is 12.2 Å². The summed E-state index contributed by atoms with van der Waals surface area (Å²) >= 11 is 6.70. The van der Waals surface area contributed by atoms with E-state index < -0.39 is 0 Å². The second kappa shape index (κ2) is 4.96. The van der Waals surface area contributed by atoms with Crippen molar-refractivity contribution in [2.24, 2.45) is 4.99 Å². The Kier molecular flexibility index (Phi) is 3.27. The van der Waals surface area contributed by atoms with Gasteiger partial charge in [-0.2, -0.15) is 0 Å². The monoisotopic (exact) mass is 303 g/mol. The number of allylic oxidation sites excluding steroid dienone is 1. The van der Waals surface area contributed by atoms with Crippen LogP contribution in [0, 0.1) is 3.95 Å². The van der Waals surface area contributed by atoms with Gasteiger partial charge in [-0.3, -0.25) is 14.5 Å². The molecule has 0 radical (unpaired) electrons. The maximum atomic E-state index is 10.3. The van der Waals surface area contributed by atoms with Crippen molar-refractivity contribution in [1.29, 1.82) is 0 Å². The first kappa shape index (κ1) is 13.2. The SMILES string of the molecule is CC(C)n1c(O)c(C=C2C=Nc3ccncc32)sc1=S. The average Bonchev–Trinajstić information content (AvgIpc) is 2.93. The van der Waals surface area contributed by atoms with Crippen LogP contribution in [-0.2, 0) is 0 Å². The van der Waals surface area contributed by atoms with Gasteiger partial charge in [0.2, 0.25) is 5.88 Å². The standard InChI is InChI=1S/C14H13N3OS2/c1-8(2)17-13(18)12(20-14(17)19)5-9-6-16-11-3-4-15-7-10(9)11/h3-8,18H,1-2H3. The number of aromatic hydroxyl groups is 1. The minimum absolute atomic E-state index is 0.136. The fourth-order valence-corrected chi connectivity index (χ4v) is 3.66. The first-order valence-corrected chi connectivity index (χ1v) is 7.45. The van der Waals surface area contributed by atoms with Crippen molar-refractivity contribution in [3.05, 3.63) is 32.9 Å². The van der Waals surface area contributed by atoms with E-state index in [0.717, 1.165) is 21.7 Å². The Bertz CT molecular complexity index is 784. The molecular weight excluding hydrogens is 290 g/mol. The third-order valence-corrected chi connectivity index (χ3v) is 4.44. The molecule has 1 N–H and O–H groups in total. The third kappa shape index (κ3) is 2.10. The number of fused-ring (bicyclic) bond motifs is 1. The van der Waals surface area contributed by atoms with Gasteiger partial charge in [-0.15, -0.1) is 11.3 Å². The summed E-state index contributed by atoms with van der Waals surface area (Å²) in [4.78, 5) is 9.20. The van der Waals surface area contributed by atoms with Crippen LogP contribution in [0.15, 0.2) is 23.5 Å². The van der Waals surface area contributed by atoms with Gasteiger partial charge in [-0.25, -0.2) is 0 Å². The number of hydrogen-bond donors (Lipinski definition) is 1. The largest absolute Gasteiger partial charge is 0.493 e. The van der Waals surface area contributed by atoms with E-state index in [-0.39, 0.29) is 11.9 Å². The van der Waals surface area contributed by atoms with Crippen molar-refractivity contribution < 1.29 is 5.11 Å². The highest BCUT2D eigenvalue weighted by atomic mass is 32.1. The fraction of sp³-hybridized carbons (Fsp3) is 0.214. The third-order valence-electron chi connectivity index (χ3n) is 3.10. The molecule has 0 amide bonds. The Morgan fingerprint density at radius 3 is 2.95 bits per heavy atom. The first-order chi connectivity index (χ1) is 9.58. The van der Waals surface area contributed by atoms with Gasteiger partial charge in [0, 0.05) is 35.8 Å². The summed E-state index contributed by atoms with van der Waals surface area (Å²) in [5, 5.41) is 10.3.